The van der Waals surface area contributed by atoms with E-state index in [0.717, 1.165) is 24.2 Å². The van der Waals surface area contributed by atoms with Gasteiger partial charge in [0.1, 0.15) is 0 Å². The number of nitrogens with zero attached hydrogens (tertiary/aromatic N) is 2. The summed E-state index contributed by atoms with van der Waals surface area (Å²) in [5, 5.41) is 9.71. The molecule has 1 saturated heterocycles. The molecule has 0 spiro atoms. The van der Waals surface area contributed by atoms with Crippen LogP contribution in [-0.2, 0) is 19.5 Å². The molecule has 0 amide bonds. The van der Waals surface area contributed by atoms with E-state index in [1.807, 2.05) is 16.7 Å². The fourth-order valence-electron chi connectivity index (χ4n) is 4.36. The monoisotopic (exact) mass is 466 g/mol. The summed E-state index contributed by atoms with van der Waals surface area (Å²) in [7, 11) is 0. The summed E-state index contributed by atoms with van der Waals surface area (Å²) in [5.74, 6) is -0.299. The molecule has 1 fully saturated rings. The minimum Gasteiger partial charge on any atom is -0.478 e. The number of carboxylic acids is 1. The molecule has 1 aromatic heterocycles. The van der Waals surface area contributed by atoms with Crippen LogP contribution in [0.25, 0.3) is 0 Å². The Hall–Kier alpha value is -1.82. The second kappa shape index (κ2) is 11.2. The number of likely N-dealkylation sites (tertiary alicyclic amines) is 1. The van der Waals surface area contributed by atoms with Crippen LogP contribution in [0.3, 0.4) is 0 Å². The van der Waals surface area contributed by atoms with Crippen LogP contribution in [-0.4, -0.2) is 33.1 Å². The molecule has 7 heteroatoms. The van der Waals surface area contributed by atoms with Gasteiger partial charge in [0.05, 0.1) is 16.3 Å². The lowest BCUT2D eigenvalue weighted by atomic mass is 10.0. The van der Waals surface area contributed by atoms with Crippen LogP contribution >= 0.6 is 24.0 Å². The molecule has 1 atom stereocenters. The summed E-state index contributed by atoms with van der Waals surface area (Å²) < 4.78 is 1.81. The number of aromatic nitrogens is 1. The predicted molar refractivity (Wildman–Crippen MR) is 128 cm³/mol. The van der Waals surface area contributed by atoms with Crippen molar-refractivity contribution >= 4 is 30.0 Å². The first-order chi connectivity index (χ1) is 14.3. The molecule has 1 aliphatic heterocycles. The summed E-state index contributed by atoms with van der Waals surface area (Å²) in [5.41, 5.74) is 2.78. The fourth-order valence-corrected chi connectivity index (χ4v) is 4.68. The lowest BCUT2D eigenvalue weighted by molar-refractivity contribution is 0.0697. The number of carboxylic acid groups (broad SMARTS) is 1. The Morgan fingerprint density at radius 2 is 1.94 bits per heavy atom. The molecule has 1 aromatic carbocycles. The van der Waals surface area contributed by atoms with E-state index in [0.29, 0.717) is 42.1 Å². The van der Waals surface area contributed by atoms with Gasteiger partial charge in [0.15, 0.2) is 0 Å². The molecule has 2 aromatic rings. The molecule has 1 aliphatic rings. The minimum absolute atomic E-state index is 0. The van der Waals surface area contributed by atoms with Crippen molar-refractivity contribution in [3.05, 3.63) is 68.1 Å². The van der Waals surface area contributed by atoms with Crippen LogP contribution in [0.4, 0.5) is 0 Å². The summed E-state index contributed by atoms with van der Waals surface area (Å²) in [6.45, 7) is 8.54. The molecule has 31 heavy (non-hydrogen) atoms. The maximum Gasteiger partial charge on any atom is 0.335 e. The van der Waals surface area contributed by atoms with Crippen molar-refractivity contribution in [2.75, 3.05) is 6.54 Å². The zero-order chi connectivity index (χ0) is 21.8. The number of carbonyl (C=O) groups is 1. The number of hydrogen-bond acceptors (Lipinski definition) is 3. The second-order valence-electron chi connectivity index (χ2n) is 8.73. The summed E-state index contributed by atoms with van der Waals surface area (Å²) in [6.07, 6.45) is 4.18. The minimum atomic E-state index is -0.938. The maximum atomic E-state index is 12.9. The third-order valence-corrected chi connectivity index (χ3v) is 6.27. The average molecular weight is 467 g/mol. The van der Waals surface area contributed by atoms with E-state index < -0.39 is 5.97 Å². The largest absolute Gasteiger partial charge is 0.478 e. The molecule has 5 nitrogen and oxygen atoms in total. The van der Waals surface area contributed by atoms with Gasteiger partial charge in [-0.2, -0.15) is 0 Å². The van der Waals surface area contributed by atoms with Crippen molar-refractivity contribution < 1.29 is 9.90 Å². The lowest BCUT2D eigenvalue weighted by Gasteiger charge is -2.28. The predicted octanol–water partition coefficient (Wildman–Crippen LogP) is 5.18. The van der Waals surface area contributed by atoms with E-state index in [-0.39, 0.29) is 23.5 Å². The Morgan fingerprint density at radius 3 is 2.55 bits per heavy atom. The third kappa shape index (κ3) is 6.34. The first-order valence-corrected chi connectivity index (χ1v) is 11.1. The van der Waals surface area contributed by atoms with Gasteiger partial charge in [0.2, 0.25) is 0 Å². The molecule has 0 bridgehead atoms. The first kappa shape index (κ1) is 25.4. The van der Waals surface area contributed by atoms with Crippen LogP contribution in [0, 0.1) is 12.8 Å². The highest BCUT2D eigenvalue weighted by Crippen LogP contribution is 2.27. The van der Waals surface area contributed by atoms with E-state index in [1.165, 1.54) is 12.8 Å². The van der Waals surface area contributed by atoms with E-state index in [1.54, 1.807) is 25.1 Å². The Bertz CT molecular complexity index is 955. The highest BCUT2D eigenvalue weighted by Gasteiger charge is 2.27. The van der Waals surface area contributed by atoms with Crippen LogP contribution in [0.1, 0.15) is 60.3 Å². The number of hydrogen-bond donors (Lipinski definition) is 1. The number of aryl methyl sites for hydroxylation is 2. The molecular weight excluding hydrogens is 435 g/mol. The van der Waals surface area contributed by atoms with Gasteiger partial charge in [0, 0.05) is 24.7 Å². The highest BCUT2D eigenvalue weighted by molar-refractivity contribution is 6.31. The molecule has 2 heterocycles. The average Bonchev–Trinajstić information content (AvgIpc) is 3.12. The standard InChI is InChI=1S/C24H31ClN2O3.ClH/c1-16(2)13-20-5-4-11-26(20)15-22-21(25)14-17(3)23(28)27(22)12-10-18-6-8-19(9-7-18)24(29)30;/h6-9,14,16,20H,4-5,10-13,15H2,1-3H3,(H,29,30);1H/t20-;/m1./s1. The Labute approximate surface area is 195 Å². The van der Waals surface area contributed by atoms with Gasteiger partial charge in [-0.25, -0.2) is 4.79 Å². The van der Waals surface area contributed by atoms with Gasteiger partial charge in [-0.3, -0.25) is 9.69 Å². The molecule has 1 N–H and O–H groups in total. The van der Waals surface area contributed by atoms with Crippen molar-refractivity contribution in [3.63, 3.8) is 0 Å². The molecule has 170 valence electrons. The van der Waals surface area contributed by atoms with E-state index >= 15 is 0 Å². The Morgan fingerprint density at radius 1 is 1.26 bits per heavy atom. The summed E-state index contributed by atoms with van der Waals surface area (Å²) in [6, 6.07) is 9.14. The molecule has 0 radical (unpaired) electrons. The van der Waals surface area contributed by atoms with Crippen LogP contribution < -0.4 is 5.56 Å². The quantitative estimate of drug-likeness (QED) is 0.581. The molecule has 3 rings (SSSR count). The molecule has 0 unspecified atom stereocenters. The molecular formula is C24H32Cl2N2O3. The Balaban J connectivity index is 0.00000341. The number of rotatable bonds is 8. The Kier molecular flexibility index (Phi) is 9.16. The van der Waals surface area contributed by atoms with Crippen LogP contribution in [0.15, 0.2) is 35.1 Å². The van der Waals surface area contributed by atoms with Gasteiger partial charge < -0.3 is 9.67 Å². The number of benzene rings is 1. The topological polar surface area (TPSA) is 62.5 Å². The van der Waals surface area contributed by atoms with Crippen molar-refractivity contribution in [3.8, 4) is 0 Å². The number of halogens is 2. The SMILES string of the molecule is Cc1cc(Cl)c(CN2CCC[C@@H]2CC(C)C)n(CCc2ccc(C(=O)O)cc2)c1=O.Cl. The van der Waals surface area contributed by atoms with E-state index in [9.17, 15) is 9.59 Å². The van der Waals surface area contributed by atoms with E-state index in [2.05, 4.69) is 18.7 Å². The van der Waals surface area contributed by atoms with Crippen molar-refractivity contribution in [1.29, 1.82) is 0 Å². The highest BCUT2D eigenvalue weighted by atomic mass is 35.5. The first-order valence-electron chi connectivity index (χ1n) is 10.7. The van der Waals surface area contributed by atoms with Gasteiger partial charge in [0.25, 0.3) is 5.56 Å². The van der Waals surface area contributed by atoms with Gasteiger partial charge in [-0.15, -0.1) is 12.4 Å². The number of aromatic carboxylic acids is 1. The smallest absolute Gasteiger partial charge is 0.335 e. The second-order valence-corrected chi connectivity index (χ2v) is 9.13. The zero-order valence-electron chi connectivity index (χ0n) is 18.4. The number of pyridine rings is 1. The van der Waals surface area contributed by atoms with Crippen molar-refractivity contribution in [2.45, 2.75) is 65.6 Å². The molecule has 0 aliphatic carbocycles. The third-order valence-electron chi connectivity index (χ3n) is 5.95. The van der Waals surface area contributed by atoms with E-state index in [4.69, 9.17) is 16.7 Å². The zero-order valence-corrected chi connectivity index (χ0v) is 20.0. The van der Waals surface area contributed by atoms with Crippen LogP contribution in [0.2, 0.25) is 5.02 Å². The van der Waals surface area contributed by atoms with Gasteiger partial charge in [-0.1, -0.05) is 37.6 Å². The summed E-state index contributed by atoms with van der Waals surface area (Å²) >= 11 is 6.62. The van der Waals surface area contributed by atoms with Crippen LogP contribution in [0.5, 0.6) is 0 Å². The van der Waals surface area contributed by atoms with Crippen molar-refractivity contribution in [1.82, 2.24) is 9.47 Å². The lowest BCUT2D eigenvalue weighted by Crippen LogP contribution is -2.34. The van der Waals surface area contributed by atoms with Crippen molar-refractivity contribution in [2.24, 2.45) is 5.92 Å². The van der Waals surface area contributed by atoms with Gasteiger partial charge >= 0.3 is 5.97 Å². The fraction of sp³-hybridized carbons (Fsp3) is 0.500. The maximum absolute atomic E-state index is 12.9. The van der Waals surface area contributed by atoms with Gasteiger partial charge in [-0.05, 0) is 68.8 Å². The molecule has 0 saturated carbocycles. The normalized spacial score (nSPS) is 16.5. The summed E-state index contributed by atoms with van der Waals surface area (Å²) in [4.78, 5) is 26.5.